The van der Waals surface area contributed by atoms with E-state index in [0.717, 1.165) is 10.6 Å². The Bertz CT molecular complexity index is 1030. The number of nitrogens with one attached hydrogen (secondary N) is 1. The van der Waals surface area contributed by atoms with Crippen LogP contribution in [0.2, 0.25) is 0 Å². The fraction of sp³-hybridized carbons (Fsp3) is 0.429. The lowest BCUT2D eigenvalue weighted by Crippen LogP contribution is -2.16. The number of para-hydroxylation sites is 2. The van der Waals surface area contributed by atoms with E-state index in [9.17, 15) is 4.79 Å². The van der Waals surface area contributed by atoms with Crippen LogP contribution in [0.3, 0.4) is 0 Å². The van der Waals surface area contributed by atoms with E-state index in [4.69, 9.17) is 9.47 Å². The number of aryl methyl sites for hydroxylation is 2. The van der Waals surface area contributed by atoms with E-state index < -0.39 is 0 Å². The van der Waals surface area contributed by atoms with Crippen LogP contribution in [0.25, 0.3) is 0 Å². The summed E-state index contributed by atoms with van der Waals surface area (Å²) in [6.45, 7) is 9.93. The summed E-state index contributed by atoms with van der Waals surface area (Å²) in [5, 5.41) is 12.8. The van der Waals surface area contributed by atoms with Crippen molar-refractivity contribution in [3.8, 4) is 11.5 Å². The van der Waals surface area contributed by atoms with Gasteiger partial charge in [-0.3, -0.25) is 4.79 Å². The molecule has 1 unspecified atom stereocenters. The summed E-state index contributed by atoms with van der Waals surface area (Å²) in [5.41, 5.74) is 0.932. The van der Waals surface area contributed by atoms with Gasteiger partial charge in [0, 0.05) is 10.9 Å². The van der Waals surface area contributed by atoms with Crippen molar-refractivity contribution >= 4 is 34.1 Å². The number of carbonyl (C=O) groups excluding carboxylic acids is 1. The van der Waals surface area contributed by atoms with E-state index in [2.05, 4.69) is 20.5 Å². The molecular weight excluding hydrogens is 434 g/mol. The van der Waals surface area contributed by atoms with E-state index >= 15 is 0 Å². The Morgan fingerprint density at radius 2 is 1.90 bits per heavy atom. The third-order valence-electron chi connectivity index (χ3n) is 4.55. The number of methoxy groups -OCH3 is 1. The molecule has 10 heteroatoms. The van der Waals surface area contributed by atoms with Gasteiger partial charge in [0.05, 0.1) is 18.6 Å². The SMILES string of the molecule is COc1ccccc1OC(C)c1nnc(SCC(=O)Nc2nc(C)c(C)s2)n1C(C)C. The molecule has 31 heavy (non-hydrogen) atoms. The Morgan fingerprint density at radius 3 is 2.52 bits per heavy atom. The molecule has 0 spiro atoms. The molecular formula is C21H27N5O3S2. The molecule has 0 aliphatic heterocycles. The zero-order valence-electron chi connectivity index (χ0n) is 18.5. The van der Waals surface area contributed by atoms with Crippen molar-refractivity contribution in [3.63, 3.8) is 0 Å². The van der Waals surface area contributed by atoms with Crippen molar-refractivity contribution in [1.82, 2.24) is 19.7 Å². The molecule has 0 radical (unpaired) electrons. The van der Waals surface area contributed by atoms with Crippen LogP contribution in [0, 0.1) is 13.8 Å². The summed E-state index contributed by atoms with van der Waals surface area (Å²) in [5.74, 6) is 2.07. The molecule has 0 fully saturated rings. The maximum Gasteiger partial charge on any atom is 0.236 e. The smallest absolute Gasteiger partial charge is 0.236 e. The molecule has 1 atom stereocenters. The van der Waals surface area contributed by atoms with Gasteiger partial charge >= 0.3 is 0 Å². The first-order valence-corrected chi connectivity index (χ1v) is 11.7. The second-order valence-electron chi connectivity index (χ2n) is 7.21. The highest BCUT2D eigenvalue weighted by Gasteiger charge is 2.23. The van der Waals surface area contributed by atoms with Gasteiger partial charge in [0.25, 0.3) is 0 Å². The topological polar surface area (TPSA) is 91.2 Å². The normalized spacial score (nSPS) is 12.1. The second-order valence-corrected chi connectivity index (χ2v) is 9.36. The summed E-state index contributed by atoms with van der Waals surface area (Å²) in [7, 11) is 1.61. The molecule has 1 N–H and O–H groups in total. The molecule has 0 aliphatic carbocycles. The molecule has 0 saturated heterocycles. The van der Waals surface area contributed by atoms with E-state index in [1.165, 1.54) is 23.1 Å². The number of anilines is 1. The molecule has 1 amide bonds. The number of nitrogens with zero attached hydrogens (tertiary/aromatic N) is 4. The predicted molar refractivity (Wildman–Crippen MR) is 123 cm³/mol. The third kappa shape index (κ3) is 5.56. The lowest BCUT2D eigenvalue weighted by molar-refractivity contribution is -0.113. The number of benzene rings is 1. The summed E-state index contributed by atoms with van der Waals surface area (Å²) in [6.07, 6.45) is -0.351. The van der Waals surface area contributed by atoms with Crippen molar-refractivity contribution in [2.75, 3.05) is 18.2 Å². The highest BCUT2D eigenvalue weighted by Crippen LogP contribution is 2.32. The van der Waals surface area contributed by atoms with Crippen LogP contribution >= 0.6 is 23.1 Å². The quantitative estimate of drug-likeness (QED) is 0.457. The van der Waals surface area contributed by atoms with Crippen LogP contribution in [0.15, 0.2) is 29.4 Å². The zero-order valence-corrected chi connectivity index (χ0v) is 20.1. The van der Waals surface area contributed by atoms with Crippen LogP contribution in [-0.2, 0) is 4.79 Å². The number of ether oxygens (including phenoxy) is 2. The highest BCUT2D eigenvalue weighted by molar-refractivity contribution is 7.99. The summed E-state index contributed by atoms with van der Waals surface area (Å²) in [4.78, 5) is 17.8. The minimum absolute atomic E-state index is 0.101. The average molecular weight is 462 g/mol. The first kappa shape index (κ1) is 23.1. The van der Waals surface area contributed by atoms with Gasteiger partial charge in [-0.05, 0) is 46.8 Å². The van der Waals surface area contributed by atoms with Crippen molar-refractivity contribution in [2.24, 2.45) is 0 Å². The Labute approximate surface area is 190 Å². The van der Waals surface area contributed by atoms with Gasteiger partial charge in [0.15, 0.2) is 33.7 Å². The largest absolute Gasteiger partial charge is 0.493 e. The van der Waals surface area contributed by atoms with Crippen molar-refractivity contribution in [2.45, 2.75) is 51.9 Å². The van der Waals surface area contributed by atoms with Crippen LogP contribution < -0.4 is 14.8 Å². The number of hydrogen-bond acceptors (Lipinski definition) is 8. The molecule has 0 bridgehead atoms. The van der Waals surface area contributed by atoms with Crippen LogP contribution in [0.5, 0.6) is 11.5 Å². The van der Waals surface area contributed by atoms with Crippen molar-refractivity contribution in [3.05, 3.63) is 40.7 Å². The number of rotatable bonds is 9. The average Bonchev–Trinajstić information content (AvgIpc) is 3.29. The minimum atomic E-state index is -0.351. The molecule has 0 saturated carbocycles. The molecule has 8 nitrogen and oxygen atoms in total. The third-order valence-corrected chi connectivity index (χ3v) is 6.48. The van der Waals surface area contributed by atoms with E-state index in [1.807, 2.05) is 63.5 Å². The lowest BCUT2D eigenvalue weighted by atomic mass is 10.3. The molecule has 2 heterocycles. The molecule has 3 aromatic rings. The van der Waals surface area contributed by atoms with Gasteiger partial charge < -0.3 is 19.4 Å². The van der Waals surface area contributed by atoms with Crippen molar-refractivity contribution in [1.29, 1.82) is 0 Å². The van der Waals surface area contributed by atoms with E-state index in [0.29, 0.717) is 27.6 Å². The second kappa shape index (κ2) is 10.1. The molecule has 166 valence electrons. The van der Waals surface area contributed by atoms with Gasteiger partial charge in [-0.1, -0.05) is 23.9 Å². The Hall–Kier alpha value is -2.59. The van der Waals surface area contributed by atoms with E-state index in [1.54, 1.807) is 7.11 Å². The minimum Gasteiger partial charge on any atom is -0.493 e. The predicted octanol–water partition coefficient (Wildman–Crippen LogP) is 4.81. The number of carbonyl (C=O) groups is 1. The highest BCUT2D eigenvalue weighted by atomic mass is 32.2. The van der Waals surface area contributed by atoms with Gasteiger partial charge in [-0.2, -0.15) is 0 Å². The molecule has 3 rings (SSSR count). The Kier molecular flexibility index (Phi) is 7.55. The summed E-state index contributed by atoms with van der Waals surface area (Å²) in [6, 6.07) is 7.58. The lowest BCUT2D eigenvalue weighted by Gasteiger charge is -2.19. The summed E-state index contributed by atoms with van der Waals surface area (Å²) < 4.78 is 13.5. The Morgan fingerprint density at radius 1 is 1.19 bits per heavy atom. The van der Waals surface area contributed by atoms with Crippen LogP contribution in [0.4, 0.5) is 5.13 Å². The zero-order chi connectivity index (χ0) is 22.5. The fourth-order valence-corrected chi connectivity index (χ4v) is 4.63. The maximum atomic E-state index is 12.4. The number of hydrogen-bond donors (Lipinski definition) is 1. The van der Waals surface area contributed by atoms with Gasteiger partial charge in [-0.25, -0.2) is 4.98 Å². The Balaban J connectivity index is 1.70. The number of amides is 1. The number of thioether (sulfide) groups is 1. The van der Waals surface area contributed by atoms with E-state index in [-0.39, 0.29) is 23.8 Å². The molecule has 0 aliphatic rings. The van der Waals surface area contributed by atoms with Gasteiger partial charge in [-0.15, -0.1) is 21.5 Å². The maximum absolute atomic E-state index is 12.4. The standard InChI is InChI=1S/C21H27N5O3S2/c1-12(2)26-19(14(4)29-17-10-8-7-9-16(17)28-6)24-25-21(26)30-11-18(27)23-20-22-13(3)15(5)31-20/h7-10,12,14H,11H2,1-6H3,(H,22,23,27). The van der Waals surface area contributed by atoms with Crippen LogP contribution in [0.1, 0.15) is 49.3 Å². The first-order chi connectivity index (χ1) is 14.8. The van der Waals surface area contributed by atoms with Gasteiger partial charge in [0.2, 0.25) is 5.91 Å². The van der Waals surface area contributed by atoms with Crippen LogP contribution in [-0.4, -0.2) is 38.5 Å². The molecule has 1 aromatic carbocycles. The summed E-state index contributed by atoms with van der Waals surface area (Å²) >= 11 is 2.81. The first-order valence-electron chi connectivity index (χ1n) is 9.91. The number of aromatic nitrogens is 4. The number of thiazole rings is 1. The van der Waals surface area contributed by atoms with Crippen molar-refractivity contribution < 1.29 is 14.3 Å². The monoisotopic (exact) mass is 461 g/mol. The fourth-order valence-electron chi connectivity index (χ4n) is 2.92. The van der Waals surface area contributed by atoms with Gasteiger partial charge in [0.1, 0.15) is 0 Å². The molecule has 2 aromatic heterocycles.